The summed E-state index contributed by atoms with van der Waals surface area (Å²) in [4.78, 5) is 16.2. The maximum atomic E-state index is 13.5. The molecule has 1 N–H and O–H groups in total. The number of methoxy groups -OCH3 is 1. The lowest BCUT2D eigenvalue weighted by atomic mass is 9.60. The van der Waals surface area contributed by atoms with Crippen molar-refractivity contribution < 1.29 is 28.8 Å². The number of rotatable bonds is 10. The number of benzene rings is 1. The van der Waals surface area contributed by atoms with Gasteiger partial charge in [0.05, 0.1) is 38.6 Å². The molecule has 6 rings (SSSR count). The molecule has 0 radical (unpaired) electrons. The number of carbonyl (C=O) groups excluding carboxylic acids is 1. The highest BCUT2D eigenvalue weighted by Crippen LogP contribution is 2.54. The van der Waals surface area contributed by atoms with Crippen LogP contribution in [0.4, 0.5) is 4.79 Å². The fourth-order valence-corrected chi connectivity index (χ4v) is 7.14. The van der Waals surface area contributed by atoms with Gasteiger partial charge in [-0.05, 0) is 54.4 Å². The number of carbonyl (C=O) groups is 1. The summed E-state index contributed by atoms with van der Waals surface area (Å²) in [5.74, 6) is 2.50. The first-order valence-corrected chi connectivity index (χ1v) is 13.5. The smallest absolute Gasteiger partial charge is 0.418 e. The van der Waals surface area contributed by atoms with Gasteiger partial charge in [-0.3, -0.25) is 4.90 Å². The Balaban J connectivity index is 1.37. The van der Waals surface area contributed by atoms with Crippen molar-refractivity contribution in [3.8, 4) is 5.75 Å². The maximum Gasteiger partial charge on any atom is 0.418 e. The Hall–Kier alpha value is -2.13. The second-order valence-corrected chi connectivity index (χ2v) is 10.5. The minimum Gasteiger partial charge on any atom is -0.508 e. The Morgan fingerprint density at radius 2 is 1.86 bits per heavy atom. The molecule has 4 aliphatic rings. The predicted octanol–water partition coefficient (Wildman–Crippen LogP) is 4.02. The minimum atomic E-state index is -0.358. The first kappa shape index (κ1) is 25.5. The molecular formula is C28H40N2O6. The zero-order valence-corrected chi connectivity index (χ0v) is 21.8. The molecule has 3 aliphatic heterocycles. The number of hydrogen-bond donors (Lipinski definition) is 1. The Kier molecular flexibility index (Phi) is 7.86. The van der Waals surface area contributed by atoms with E-state index < -0.39 is 0 Å². The van der Waals surface area contributed by atoms with Crippen molar-refractivity contribution in [1.82, 2.24) is 9.47 Å². The summed E-state index contributed by atoms with van der Waals surface area (Å²) in [6.07, 6.45) is 2.78. The molecule has 2 aromatic rings. The zero-order valence-electron chi connectivity index (χ0n) is 21.8. The molecule has 4 bridgehead atoms. The van der Waals surface area contributed by atoms with Crippen molar-refractivity contribution in [2.24, 2.45) is 17.8 Å². The maximum absolute atomic E-state index is 13.5. The quantitative estimate of drug-likeness (QED) is 0.494. The van der Waals surface area contributed by atoms with E-state index in [-0.39, 0.29) is 18.4 Å². The standard InChI is InChI=1S/C28H40N2O6/c1-4-21-18(2)19-15-24-26(21)29(17-19)8-7-22-23-16-20(31)5-6-25(23)30(27(22)24)28(32)36-14-13-35-12-11-34-10-9-33-3/h5-6,16,18-19,21,24,26,31H,4,7-15,17H2,1-3H3/t18-,19?,21?,24?,26?/m0/s1. The Bertz CT molecular complexity index is 1070. The van der Waals surface area contributed by atoms with Crippen LogP contribution in [-0.2, 0) is 25.4 Å². The first-order chi connectivity index (χ1) is 17.5. The molecule has 0 spiro atoms. The summed E-state index contributed by atoms with van der Waals surface area (Å²) in [6.45, 7) is 9.40. The lowest BCUT2D eigenvalue weighted by Crippen LogP contribution is -2.59. The van der Waals surface area contributed by atoms with Gasteiger partial charge in [-0.15, -0.1) is 0 Å². The summed E-state index contributed by atoms with van der Waals surface area (Å²) in [7, 11) is 1.64. The van der Waals surface area contributed by atoms with Gasteiger partial charge in [0.2, 0.25) is 0 Å². The van der Waals surface area contributed by atoms with E-state index in [0.29, 0.717) is 62.7 Å². The number of piperidine rings is 2. The Morgan fingerprint density at radius 3 is 2.61 bits per heavy atom. The van der Waals surface area contributed by atoms with Gasteiger partial charge in [-0.2, -0.15) is 0 Å². The number of phenols is 1. The Morgan fingerprint density at radius 1 is 1.11 bits per heavy atom. The summed E-state index contributed by atoms with van der Waals surface area (Å²) in [5.41, 5.74) is 3.13. The van der Waals surface area contributed by atoms with Gasteiger partial charge in [0.25, 0.3) is 0 Å². The van der Waals surface area contributed by atoms with Crippen LogP contribution in [0.5, 0.6) is 5.75 Å². The average molecular weight is 501 g/mol. The molecular weight excluding hydrogens is 460 g/mol. The van der Waals surface area contributed by atoms with E-state index >= 15 is 0 Å². The number of aromatic nitrogens is 1. The highest BCUT2D eigenvalue weighted by atomic mass is 16.6. The molecule has 1 aliphatic carbocycles. The van der Waals surface area contributed by atoms with Crippen molar-refractivity contribution >= 4 is 17.0 Å². The molecule has 0 amide bonds. The Labute approximate surface area is 213 Å². The van der Waals surface area contributed by atoms with Crippen molar-refractivity contribution in [2.75, 3.05) is 59.8 Å². The second-order valence-electron chi connectivity index (χ2n) is 10.5. The monoisotopic (exact) mass is 500 g/mol. The number of fused-ring (bicyclic) bond motifs is 4. The molecule has 198 valence electrons. The first-order valence-electron chi connectivity index (χ1n) is 13.5. The van der Waals surface area contributed by atoms with Crippen LogP contribution in [0.25, 0.3) is 10.9 Å². The molecule has 2 saturated heterocycles. The van der Waals surface area contributed by atoms with Crippen LogP contribution in [0.15, 0.2) is 18.2 Å². The molecule has 6 atom stereocenters. The van der Waals surface area contributed by atoms with Crippen molar-refractivity contribution in [1.29, 1.82) is 0 Å². The molecule has 4 heterocycles. The molecule has 5 unspecified atom stereocenters. The van der Waals surface area contributed by atoms with Gasteiger partial charge in [0, 0.05) is 43.2 Å². The number of hydrogen-bond acceptors (Lipinski definition) is 7. The van der Waals surface area contributed by atoms with Crippen LogP contribution in [-0.4, -0.2) is 86.5 Å². The van der Waals surface area contributed by atoms with Crippen molar-refractivity contribution in [3.05, 3.63) is 29.5 Å². The highest BCUT2D eigenvalue weighted by molar-refractivity contribution is 5.95. The van der Waals surface area contributed by atoms with Gasteiger partial charge in [-0.25, -0.2) is 9.36 Å². The van der Waals surface area contributed by atoms with Gasteiger partial charge in [0.1, 0.15) is 12.4 Å². The predicted molar refractivity (Wildman–Crippen MR) is 137 cm³/mol. The van der Waals surface area contributed by atoms with Crippen molar-refractivity contribution in [3.63, 3.8) is 0 Å². The van der Waals surface area contributed by atoms with Crippen molar-refractivity contribution in [2.45, 2.75) is 45.1 Å². The lowest BCUT2D eigenvalue weighted by molar-refractivity contribution is -0.0545. The molecule has 1 aromatic heterocycles. The third-order valence-corrected chi connectivity index (χ3v) is 8.72. The van der Waals surface area contributed by atoms with E-state index in [4.69, 9.17) is 18.9 Å². The minimum absolute atomic E-state index is 0.181. The van der Waals surface area contributed by atoms with E-state index in [1.165, 1.54) is 5.56 Å². The lowest BCUT2D eigenvalue weighted by Gasteiger charge is -2.56. The van der Waals surface area contributed by atoms with Crippen LogP contribution in [0.2, 0.25) is 0 Å². The van der Waals surface area contributed by atoms with Crippen LogP contribution in [0.1, 0.15) is 43.9 Å². The normalized spacial score (nSPS) is 28.8. The molecule has 1 aromatic carbocycles. The van der Waals surface area contributed by atoms with E-state index in [9.17, 15) is 9.90 Å². The number of aromatic hydroxyl groups is 1. The molecule has 36 heavy (non-hydrogen) atoms. The summed E-state index contributed by atoms with van der Waals surface area (Å²) < 4.78 is 23.5. The summed E-state index contributed by atoms with van der Waals surface area (Å²) in [6, 6.07) is 5.77. The third-order valence-electron chi connectivity index (χ3n) is 8.72. The molecule has 3 fully saturated rings. The van der Waals surface area contributed by atoms with Crippen LogP contribution in [0, 0.1) is 17.8 Å². The van der Waals surface area contributed by atoms with Crippen LogP contribution >= 0.6 is 0 Å². The summed E-state index contributed by atoms with van der Waals surface area (Å²) in [5, 5.41) is 11.2. The van der Waals surface area contributed by atoms with Crippen LogP contribution in [0.3, 0.4) is 0 Å². The molecule has 1 saturated carbocycles. The van der Waals surface area contributed by atoms with Gasteiger partial charge >= 0.3 is 6.09 Å². The second kappa shape index (κ2) is 11.1. The SMILES string of the molecule is CCC1C2C3CC(CN2CCc2c3n(C(=O)OCCOCCOCCOC)c3ccc(O)cc23)[C@@H]1C. The molecule has 8 heteroatoms. The molecule has 8 nitrogen and oxygen atoms in total. The number of phenolic OH excluding ortho intramolecular Hbond substituents is 1. The topological polar surface area (TPSA) is 82.4 Å². The fraction of sp³-hybridized carbons (Fsp3) is 0.679. The zero-order chi connectivity index (χ0) is 25.2. The van der Waals surface area contributed by atoms with E-state index in [0.717, 1.165) is 48.9 Å². The number of ether oxygens (including phenoxy) is 4. The van der Waals surface area contributed by atoms with Gasteiger partial charge in [-0.1, -0.05) is 20.3 Å². The van der Waals surface area contributed by atoms with Gasteiger partial charge in [0.15, 0.2) is 0 Å². The van der Waals surface area contributed by atoms with E-state index in [1.54, 1.807) is 13.2 Å². The summed E-state index contributed by atoms with van der Waals surface area (Å²) >= 11 is 0. The van der Waals surface area contributed by atoms with E-state index in [1.807, 2.05) is 16.7 Å². The average Bonchev–Trinajstić information content (AvgIpc) is 3.15. The third kappa shape index (κ3) is 4.64. The van der Waals surface area contributed by atoms with Gasteiger partial charge < -0.3 is 24.1 Å². The fourth-order valence-electron chi connectivity index (χ4n) is 7.14. The highest BCUT2D eigenvalue weighted by Gasteiger charge is 2.52. The number of nitrogens with zero attached hydrogens (tertiary/aromatic N) is 2. The largest absolute Gasteiger partial charge is 0.508 e. The van der Waals surface area contributed by atoms with E-state index in [2.05, 4.69) is 18.7 Å². The van der Waals surface area contributed by atoms with Crippen LogP contribution < -0.4 is 0 Å².